The van der Waals surface area contributed by atoms with Crippen LogP contribution in [0.3, 0.4) is 0 Å². The van der Waals surface area contributed by atoms with E-state index in [1.807, 2.05) is 0 Å². The third kappa shape index (κ3) is 4.89. The van der Waals surface area contributed by atoms with Gasteiger partial charge in [-0.25, -0.2) is 27.9 Å². The van der Waals surface area contributed by atoms with E-state index in [4.69, 9.17) is 27.1 Å². The van der Waals surface area contributed by atoms with E-state index >= 15 is 4.39 Å². The van der Waals surface area contributed by atoms with Crippen LogP contribution in [-0.2, 0) is 0 Å². The van der Waals surface area contributed by atoms with E-state index in [0.717, 1.165) is 43.6 Å². The number of halogens is 4. The van der Waals surface area contributed by atoms with Crippen LogP contribution in [0.15, 0.2) is 30.9 Å². The zero-order valence-electron chi connectivity index (χ0n) is 26.0. The van der Waals surface area contributed by atoms with E-state index in [1.54, 1.807) is 11.0 Å². The number of nitrogen functional groups attached to an aromatic ring is 1. The van der Waals surface area contributed by atoms with Crippen LogP contribution in [0.2, 0.25) is 5.02 Å². The zero-order valence-corrected chi connectivity index (χ0v) is 27.6. The molecule has 49 heavy (non-hydrogen) atoms. The molecule has 9 rings (SSSR count). The van der Waals surface area contributed by atoms with Crippen LogP contribution in [0.25, 0.3) is 32.2 Å². The van der Waals surface area contributed by atoms with Crippen molar-refractivity contribution in [1.82, 2.24) is 39.5 Å². The molecule has 4 fully saturated rings. The van der Waals surface area contributed by atoms with Gasteiger partial charge in [0.2, 0.25) is 0 Å². The van der Waals surface area contributed by atoms with Gasteiger partial charge in [0.15, 0.2) is 10.9 Å². The molecule has 4 aliphatic rings. The smallest absolute Gasteiger partial charge is 0.346 e. The molecule has 2 unspecified atom stereocenters. The van der Waals surface area contributed by atoms with Crippen molar-refractivity contribution in [2.45, 2.75) is 55.9 Å². The Morgan fingerprint density at radius 2 is 1.94 bits per heavy atom. The molecule has 2 aromatic carbocycles. The molecule has 17 heteroatoms. The molecule has 4 atom stereocenters. The third-order valence-electron chi connectivity index (χ3n) is 10.5. The molecular weight excluding hydrogens is 681 g/mol. The molecular formula is C32H30ClF3N10O2S. The van der Waals surface area contributed by atoms with E-state index in [1.165, 1.54) is 29.5 Å². The van der Waals surface area contributed by atoms with Gasteiger partial charge < -0.3 is 20.3 Å². The number of carbonyl (C=O) groups excluding carboxylic acids is 1. The summed E-state index contributed by atoms with van der Waals surface area (Å²) in [5.74, 6) is -0.830. The Morgan fingerprint density at radius 1 is 1.12 bits per heavy atom. The number of thiazole rings is 1. The molecule has 3 aromatic heterocycles. The summed E-state index contributed by atoms with van der Waals surface area (Å²) in [5, 5.41) is 4.57. The molecule has 2 bridgehead atoms. The van der Waals surface area contributed by atoms with Gasteiger partial charge in [-0.1, -0.05) is 22.9 Å². The summed E-state index contributed by atoms with van der Waals surface area (Å²) in [6, 6.07) is 3.69. The van der Waals surface area contributed by atoms with Crippen LogP contribution in [0.1, 0.15) is 32.1 Å². The lowest BCUT2D eigenvalue weighted by Crippen LogP contribution is -2.56. The Balaban J connectivity index is 1.16. The minimum absolute atomic E-state index is 0.00270. The van der Waals surface area contributed by atoms with E-state index in [9.17, 15) is 13.6 Å². The van der Waals surface area contributed by atoms with Gasteiger partial charge in [0.05, 0.1) is 20.8 Å². The maximum absolute atomic E-state index is 17.0. The molecule has 4 saturated heterocycles. The lowest BCUT2D eigenvalue weighted by molar-refractivity contribution is 0.107. The fourth-order valence-corrected chi connectivity index (χ4v) is 9.42. The molecule has 0 spiro atoms. The number of nitrogens with zero attached hydrogens (tertiary/aromatic N) is 9. The number of alkyl halides is 1. The molecule has 2 N–H and O–H groups in total. The first-order valence-electron chi connectivity index (χ1n) is 16.2. The lowest BCUT2D eigenvalue weighted by Gasteiger charge is -2.41. The largest absolute Gasteiger partial charge is 0.461 e. The molecule has 4 aliphatic heterocycles. The van der Waals surface area contributed by atoms with Crippen LogP contribution in [-0.4, -0.2) is 102 Å². The maximum atomic E-state index is 17.0. The first-order valence-corrected chi connectivity index (χ1v) is 17.4. The highest BCUT2D eigenvalue weighted by Crippen LogP contribution is 2.45. The Hall–Kier alpha value is -4.28. The number of hydrogen-bond acceptors (Lipinski definition) is 11. The number of ether oxygens (including phenoxy) is 1. The van der Waals surface area contributed by atoms with Crippen LogP contribution in [0.4, 0.5) is 28.9 Å². The highest BCUT2D eigenvalue weighted by Gasteiger charge is 2.50. The average Bonchev–Trinajstić information content (AvgIpc) is 3.90. The summed E-state index contributed by atoms with van der Waals surface area (Å²) >= 11 is 7.83. The van der Waals surface area contributed by atoms with Gasteiger partial charge in [-0.3, -0.25) is 4.90 Å². The molecule has 254 valence electrons. The first-order chi connectivity index (χ1) is 23.7. The van der Waals surface area contributed by atoms with Crippen molar-refractivity contribution in [1.29, 1.82) is 0 Å². The topological polar surface area (TPSA) is 131 Å². The minimum atomic E-state index is -0.946. The fraction of sp³-hybridized carbons (Fsp3) is 0.438. The number of rotatable bonds is 5. The Labute approximate surface area is 286 Å². The molecule has 5 aromatic rings. The second-order valence-electron chi connectivity index (χ2n) is 13.3. The van der Waals surface area contributed by atoms with Gasteiger partial charge in [0.25, 0.3) is 0 Å². The van der Waals surface area contributed by atoms with Crippen molar-refractivity contribution in [2.24, 2.45) is 0 Å². The van der Waals surface area contributed by atoms with Gasteiger partial charge in [0, 0.05) is 54.7 Å². The number of amides is 1. The predicted octanol–water partition coefficient (Wildman–Crippen LogP) is 5.29. The normalized spacial score (nSPS) is 25.2. The summed E-state index contributed by atoms with van der Waals surface area (Å²) in [6.45, 7) is 2.08. The van der Waals surface area contributed by atoms with Crippen LogP contribution >= 0.6 is 22.9 Å². The Kier molecular flexibility index (Phi) is 7.14. The average molecular weight is 711 g/mol. The first kappa shape index (κ1) is 30.8. The van der Waals surface area contributed by atoms with E-state index in [2.05, 4.69) is 29.9 Å². The molecule has 0 radical (unpaired) electrons. The Bertz CT molecular complexity index is 2120. The number of anilines is 2. The predicted molar refractivity (Wildman–Crippen MR) is 178 cm³/mol. The van der Waals surface area contributed by atoms with Gasteiger partial charge in [-0.15, -0.1) is 0 Å². The monoisotopic (exact) mass is 710 g/mol. The molecule has 0 saturated carbocycles. The summed E-state index contributed by atoms with van der Waals surface area (Å²) in [6.07, 6.45) is 5.36. The molecule has 7 heterocycles. The van der Waals surface area contributed by atoms with E-state index in [0.29, 0.717) is 37.3 Å². The zero-order chi connectivity index (χ0) is 33.6. The number of benzene rings is 2. The lowest BCUT2D eigenvalue weighted by atomic mass is 9.95. The van der Waals surface area contributed by atoms with Gasteiger partial charge >= 0.3 is 12.0 Å². The Morgan fingerprint density at radius 3 is 2.71 bits per heavy atom. The van der Waals surface area contributed by atoms with Crippen molar-refractivity contribution < 1.29 is 22.7 Å². The highest BCUT2D eigenvalue weighted by molar-refractivity contribution is 7.22. The number of carbonyl (C=O) groups is 1. The van der Waals surface area contributed by atoms with E-state index < -0.39 is 23.3 Å². The van der Waals surface area contributed by atoms with Crippen molar-refractivity contribution >= 4 is 61.0 Å². The number of likely N-dealkylation sites (tertiary alicyclic amines) is 1. The van der Waals surface area contributed by atoms with Crippen molar-refractivity contribution in [3.05, 3.63) is 47.5 Å². The summed E-state index contributed by atoms with van der Waals surface area (Å²) in [5.41, 5.74) is 5.89. The summed E-state index contributed by atoms with van der Waals surface area (Å²) in [4.78, 5) is 36.8. The third-order valence-corrected chi connectivity index (χ3v) is 11.7. The number of nitrogens with two attached hydrogens (primary N) is 1. The quantitative estimate of drug-likeness (QED) is 0.257. The highest BCUT2D eigenvalue weighted by atomic mass is 35.5. The summed E-state index contributed by atoms with van der Waals surface area (Å²) < 4.78 is 54.0. The van der Waals surface area contributed by atoms with Gasteiger partial charge in [0.1, 0.15) is 42.6 Å². The maximum Gasteiger partial charge on any atom is 0.346 e. The van der Waals surface area contributed by atoms with Crippen LogP contribution in [0, 0.1) is 11.6 Å². The van der Waals surface area contributed by atoms with Crippen molar-refractivity contribution in [3.8, 4) is 17.1 Å². The molecule has 0 aliphatic carbocycles. The number of hydrogen-bond donors (Lipinski definition) is 1. The number of fused-ring (bicyclic) bond motifs is 5. The second-order valence-corrected chi connectivity index (χ2v) is 14.7. The van der Waals surface area contributed by atoms with Crippen molar-refractivity contribution in [2.75, 3.05) is 43.4 Å². The SMILES string of the molecule is Nc1nc2c(-c3c(Cl)cc4c(N5C6CCC5CN(C(=O)n5cncn5)C6)nc(OC[C@@]56CCCN5C[C@H](F)C6)nc4c3F)ccc(F)c2s1. The molecule has 1 amide bonds. The number of aromatic nitrogens is 6. The number of piperazine rings is 1. The van der Waals surface area contributed by atoms with Gasteiger partial charge in [-0.2, -0.15) is 19.7 Å². The van der Waals surface area contributed by atoms with Crippen LogP contribution in [0.5, 0.6) is 6.01 Å². The van der Waals surface area contributed by atoms with Gasteiger partial charge in [-0.05, 0) is 50.4 Å². The van der Waals surface area contributed by atoms with Crippen LogP contribution < -0.4 is 15.4 Å². The summed E-state index contributed by atoms with van der Waals surface area (Å²) in [7, 11) is 0. The van der Waals surface area contributed by atoms with E-state index in [-0.39, 0.29) is 67.7 Å². The standard InChI is InChI=1S/C32H30ClF3N10O2S/c33-21-8-20-25(24(36)23(21)19-4-5-22(35)27-26(19)40-29(37)49-27)41-30(48-13-32-6-1-7-44(32)10-16(34)9-32)42-28(20)46-17-2-3-18(46)12-43(11-17)31(47)45-15-38-14-39-45/h4-5,8,14-18H,1-3,6-7,9-13H2,(H2,37,40)/t16-,17?,18?,32+/m1/s1. The second kappa shape index (κ2) is 11.4. The van der Waals surface area contributed by atoms with Crippen molar-refractivity contribution in [3.63, 3.8) is 0 Å². The fourth-order valence-electron chi connectivity index (χ4n) is 8.37. The molecule has 12 nitrogen and oxygen atoms in total. The minimum Gasteiger partial charge on any atom is -0.461 e.